The second kappa shape index (κ2) is 6.32. The molecule has 0 radical (unpaired) electrons. The average Bonchev–Trinajstić information content (AvgIpc) is 2.84. The number of aryl methyl sites for hydroxylation is 1. The van der Waals surface area contributed by atoms with Crippen molar-refractivity contribution in [1.82, 2.24) is 4.98 Å². The zero-order valence-electron chi connectivity index (χ0n) is 11.1. The van der Waals surface area contributed by atoms with Gasteiger partial charge in [0.2, 0.25) is 0 Å². The lowest BCUT2D eigenvalue weighted by Gasteiger charge is -2.24. The summed E-state index contributed by atoms with van der Waals surface area (Å²) in [5, 5.41) is 3.36. The molecule has 1 saturated carbocycles. The van der Waals surface area contributed by atoms with E-state index in [-0.39, 0.29) is 5.97 Å². The minimum absolute atomic E-state index is 0.157. The number of rotatable bonds is 4. The Morgan fingerprint density at radius 2 is 2.39 bits per heavy atom. The van der Waals surface area contributed by atoms with Gasteiger partial charge < -0.3 is 4.74 Å². The minimum atomic E-state index is -0.157. The maximum Gasteiger partial charge on any atom is 0.305 e. The van der Waals surface area contributed by atoms with Crippen molar-refractivity contribution in [2.45, 2.75) is 51.4 Å². The zero-order chi connectivity index (χ0) is 13.0. The Bertz CT molecular complexity index is 402. The monoisotopic (exact) mass is 267 g/mol. The molecule has 1 heterocycles. The van der Waals surface area contributed by atoms with Gasteiger partial charge in [0.25, 0.3) is 0 Å². The number of thiazole rings is 1. The summed E-state index contributed by atoms with van der Waals surface area (Å²) in [4.78, 5) is 15.8. The van der Waals surface area contributed by atoms with E-state index in [1.165, 1.54) is 37.8 Å². The summed E-state index contributed by atoms with van der Waals surface area (Å²) in [6, 6.07) is 0. The van der Waals surface area contributed by atoms with Gasteiger partial charge in [0.15, 0.2) is 0 Å². The number of hydrogen-bond donors (Lipinski definition) is 0. The molecule has 18 heavy (non-hydrogen) atoms. The Balaban J connectivity index is 1.91. The Hall–Kier alpha value is -0.900. The first-order chi connectivity index (χ1) is 8.69. The molecule has 0 saturated heterocycles. The number of hydrogen-bond acceptors (Lipinski definition) is 4. The zero-order valence-corrected chi connectivity index (χ0v) is 12.0. The predicted molar refractivity (Wildman–Crippen MR) is 72.8 cm³/mol. The number of esters is 1. The summed E-state index contributed by atoms with van der Waals surface area (Å²) < 4.78 is 4.65. The van der Waals surface area contributed by atoms with Crippen LogP contribution in [0.3, 0.4) is 0 Å². The lowest BCUT2D eigenvalue weighted by molar-refractivity contribution is -0.140. The maximum atomic E-state index is 11.1. The Labute approximate surface area is 113 Å². The topological polar surface area (TPSA) is 39.2 Å². The van der Waals surface area contributed by atoms with E-state index in [0.29, 0.717) is 18.8 Å². The van der Waals surface area contributed by atoms with Crippen LogP contribution in [0.1, 0.15) is 55.6 Å². The van der Waals surface area contributed by atoms with Crippen LogP contribution in [0.15, 0.2) is 5.38 Å². The Kier molecular flexibility index (Phi) is 4.75. The molecule has 1 aromatic heterocycles. The standard InChI is InChI=1S/C14H21NO2S/c1-10-4-3-5-11(8-10)14-15-12(9-18-14)6-7-13(16)17-2/h9-11H,3-8H2,1-2H3. The molecule has 4 heteroatoms. The van der Waals surface area contributed by atoms with Gasteiger partial charge in [0, 0.05) is 17.7 Å². The van der Waals surface area contributed by atoms with Crippen molar-refractivity contribution in [3.63, 3.8) is 0 Å². The van der Waals surface area contributed by atoms with Crippen LogP contribution in [0.2, 0.25) is 0 Å². The van der Waals surface area contributed by atoms with Gasteiger partial charge in [-0.3, -0.25) is 4.79 Å². The molecule has 3 nitrogen and oxygen atoms in total. The van der Waals surface area contributed by atoms with Crippen molar-refractivity contribution in [1.29, 1.82) is 0 Å². The largest absolute Gasteiger partial charge is 0.469 e. The normalized spacial score (nSPS) is 23.9. The SMILES string of the molecule is COC(=O)CCc1csc(C2CCCC(C)C2)n1. The number of nitrogens with zero attached hydrogens (tertiary/aromatic N) is 1. The summed E-state index contributed by atoms with van der Waals surface area (Å²) in [7, 11) is 1.43. The lowest BCUT2D eigenvalue weighted by Crippen LogP contribution is -2.11. The van der Waals surface area contributed by atoms with Crippen LogP contribution in [-0.2, 0) is 16.0 Å². The van der Waals surface area contributed by atoms with Crippen molar-refractivity contribution >= 4 is 17.3 Å². The van der Waals surface area contributed by atoms with Gasteiger partial charge in [-0.15, -0.1) is 11.3 Å². The van der Waals surface area contributed by atoms with Gasteiger partial charge in [0.1, 0.15) is 0 Å². The van der Waals surface area contributed by atoms with Gasteiger partial charge in [-0.25, -0.2) is 4.98 Å². The van der Waals surface area contributed by atoms with Crippen LogP contribution < -0.4 is 0 Å². The highest BCUT2D eigenvalue weighted by Gasteiger charge is 2.22. The van der Waals surface area contributed by atoms with Gasteiger partial charge in [0.05, 0.1) is 24.2 Å². The molecule has 1 aromatic rings. The third-order valence-electron chi connectivity index (χ3n) is 3.67. The summed E-state index contributed by atoms with van der Waals surface area (Å²) >= 11 is 1.75. The fourth-order valence-electron chi connectivity index (χ4n) is 2.62. The highest BCUT2D eigenvalue weighted by Crippen LogP contribution is 2.37. The van der Waals surface area contributed by atoms with Gasteiger partial charge in [-0.05, 0) is 18.8 Å². The molecule has 2 atom stereocenters. The van der Waals surface area contributed by atoms with E-state index in [0.717, 1.165) is 11.6 Å². The third kappa shape index (κ3) is 3.55. The molecule has 100 valence electrons. The van der Waals surface area contributed by atoms with E-state index in [4.69, 9.17) is 0 Å². The first-order valence-electron chi connectivity index (χ1n) is 6.70. The third-order valence-corrected chi connectivity index (χ3v) is 4.72. The molecule has 0 spiro atoms. The van der Waals surface area contributed by atoms with Crippen molar-refractivity contribution in [3.8, 4) is 0 Å². The molecular formula is C14H21NO2S. The average molecular weight is 267 g/mol. The smallest absolute Gasteiger partial charge is 0.305 e. The van der Waals surface area contributed by atoms with Gasteiger partial charge >= 0.3 is 5.97 Å². The minimum Gasteiger partial charge on any atom is -0.469 e. The van der Waals surface area contributed by atoms with Crippen molar-refractivity contribution in [2.75, 3.05) is 7.11 Å². The summed E-state index contributed by atoms with van der Waals surface area (Å²) in [5.74, 6) is 1.31. The number of carbonyl (C=O) groups is 1. The van der Waals surface area contributed by atoms with Crippen LogP contribution in [0.25, 0.3) is 0 Å². The second-order valence-electron chi connectivity index (χ2n) is 5.22. The lowest BCUT2D eigenvalue weighted by atomic mass is 9.83. The molecule has 1 aliphatic rings. The summed E-state index contributed by atoms with van der Waals surface area (Å²) in [6.45, 7) is 2.33. The number of aromatic nitrogens is 1. The molecule has 0 aromatic carbocycles. The van der Waals surface area contributed by atoms with Crippen molar-refractivity contribution in [2.24, 2.45) is 5.92 Å². The second-order valence-corrected chi connectivity index (χ2v) is 6.11. The first kappa shape index (κ1) is 13.5. The predicted octanol–water partition coefficient (Wildman–Crippen LogP) is 3.54. The van der Waals surface area contributed by atoms with Crippen LogP contribution in [0.5, 0.6) is 0 Å². The fraction of sp³-hybridized carbons (Fsp3) is 0.714. The number of methoxy groups -OCH3 is 1. The molecule has 0 bridgehead atoms. The number of ether oxygens (including phenoxy) is 1. The van der Waals surface area contributed by atoms with Crippen molar-refractivity contribution in [3.05, 3.63) is 16.1 Å². The van der Waals surface area contributed by atoms with E-state index >= 15 is 0 Å². The Morgan fingerprint density at radius 3 is 3.11 bits per heavy atom. The molecule has 2 unspecified atom stereocenters. The van der Waals surface area contributed by atoms with Gasteiger partial charge in [-0.2, -0.15) is 0 Å². The molecular weight excluding hydrogens is 246 g/mol. The van der Waals surface area contributed by atoms with Crippen molar-refractivity contribution < 1.29 is 9.53 Å². The van der Waals surface area contributed by atoms with Crippen LogP contribution in [-0.4, -0.2) is 18.1 Å². The number of carbonyl (C=O) groups excluding carboxylic acids is 1. The molecule has 2 rings (SSSR count). The summed E-state index contributed by atoms with van der Waals surface area (Å²) in [6.07, 6.45) is 6.35. The highest BCUT2D eigenvalue weighted by molar-refractivity contribution is 7.09. The molecule has 0 aliphatic heterocycles. The Morgan fingerprint density at radius 1 is 1.56 bits per heavy atom. The van der Waals surface area contributed by atoms with Crippen LogP contribution in [0, 0.1) is 5.92 Å². The van der Waals surface area contributed by atoms with Crippen LogP contribution >= 0.6 is 11.3 Å². The molecule has 1 aliphatic carbocycles. The first-order valence-corrected chi connectivity index (χ1v) is 7.58. The van der Waals surface area contributed by atoms with E-state index in [1.54, 1.807) is 11.3 Å². The molecule has 0 N–H and O–H groups in total. The van der Waals surface area contributed by atoms with Crippen LogP contribution in [0.4, 0.5) is 0 Å². The van der Waals surface area contributed by atoms with E-state index in [9.17, 15) is 4.79 Å². The van der Waals surface area contributed by atoms with E-state index in [1.807, 2.05) is 0 Å². The quantitative estimate of drug-likeness (QED) is 0.783. The van der Waals surface area contributed by atoms with E-state index < -0.39 is 0 Å². The van der Waals surface area contributed by atoms with Gasteiger partial charge in [-0.1, -0.05) is 19.8 Å². The maximum absolute atomic E-state index is 11.1. The highest BCUT2D eigenvalue weighted by atomic mass is 32.1. The van der Waals surface area contributed by atoms with E-state index in [2.05, 4.69) is 22.0 Å². The molecule has 1 fully saturated rings. The fourth-order valence-corrected chi connectivity index (χ4v) is 3.62. The summed E-state index contributed by atoms with van der Waals surface area (Å²) in [5.41, 5.74) is 1.04. The molecule has 0 amide bonds.